The monoisotopic (exact) mass is 381 g/mol. The van der Waals surface area contributed by atoms with Crippen molar-refractivity contribution in [2.24, 2.45) is 0 Å². The van der Waals surface area contributed by atoms with Crippen molar-refractivity contribution in [3.8, 4) is 5.75 Å². The van der Waals surface area contributed by atoms with Crippen LogP contribution in [0, 0.1) is 20.8 Å². The highest BCUT2D eigenvalue weighted by atomic mass is 32.2. The maximum Gasteiger partial charge on any atom is 0.339 e. The molecule has 0 aromatic heterocycles. The largest absolute Gasteiger partial charge is 0.381 e. The molecule has 0 heterocycles. The number of aryl methyl sites for hydroxylation is 3. The lowest BCUT2D eigenvalue weighted by molar-refractivity contribution is 0.486. The van der Waals surface area contributed by atoms with E-state index in [0.717, 1.165) is 16.8 Å². The van der Waals surface area contributed by atoms with Crippen molar-refractivity contribution in [1.82, 2.24) is 0 Å². The minimum Gasteiger partial charge on any atom is -0.381 e. The molecule has 3 rings (SSSR count). The Hall–Kier alpha value is -2.79. The van der Waals surface area contributed by atoms with Crippen molar-refractivity contribution in [3.05, 3.63) is 89.0 Å². The van der Waals surface area contributed by atoms with Crippen LogP contribution in [0.15, 0.2) is 71.6 Å². The second-order valence-electron chi connectivity index (χ2n) is 6.67. The first-order valence-electron chi connectivity index (χ1n) is 8.75. The molecule has 0 saturated heterocycles. The summed E-state index contributed by atoms with van der Waals surface area (Å²) < 4.78 is 29.9. The van der Waals surface area contributed by atoms with E-state index in [0.29, 0.717) is 12.3 Å². The fraction of sp³-hybridized carbons (Fsp3) is 0.182. The van der Waals surface area contributed by atoms with Crippen LogP contribution in [0.5, 0.6) is 5.75 Å². The quantitative estimate of drug-likeness (QED) is 0.611. The van der Waals surface area contributed by atoms with E-state index in [-0.39, 0.29) is 4.90 Å². The maximum absolute atomic E-state index is 12.3. The summed E-state index contributed by atoms with van der Waals surface area (Å²) in [6, 6.07) is 19.9. The van der Waals surface area contributed by atoms with Crippen LogP contribution in [0.25, 0.3) is 0 Å². The summed E-state index contributed by atoms with van der Waals surface area (Å²) in [5.74, 6) is 0.297. The third-order valence-corrected chi connectivity index (χ3v) is 5.57. The zero-order chi connectivity index (χ0) is 19.4. The highest BCUT2D eigenvalue weighted by molar-refractivity contribution is 7.87. The molecule has 0 unspecified atom stereocenters. The molecule has 0 fully saturated rings. The average molecular weight is 381 g/mol. The van der Waals surface area contributed by atoms with Crippen molar-refractivity contribution in [2.75, 3.05) is 5.32 Å². The van der Waals surface area contributed by atoms with Crippen molar-refractivity contribution >= 4 is 15.8 Å². The second kappa shape index (κ2) is 7.84. The van der Waals surface area contributed by atoms with Gasteiger partial charge in [0.2, 0.25) is 0 Å². The van der Waals surface area contributed by atoms with E-state index >= 15 is 0 Å². The maximum atomic E-state index is 12.3. The Labute approximate surface area is 161 Å². The Morgan fingerprint density at radius 1 is 0.815 bits per heavy atom. The van der Waals surface area contributed by atoms with Gasteiger partial charge in [0, 0.05) is 12.2 Å². The first-order chi connectivity index (χ1) is 12.8. The molecule has 0 radical (unpaired) electrons. The van der Waals surface area contributed by atoms with Gasteiger partial charge in [-0.15, -0.1) is 0 Å². The van der Waals surface area contributed by atoms with E-state index in [4.69, 9.17) is 4.18 Å². The first-order valence-corrected chi connectivity index (χ1v) is 10.2. The van der Waals surface area contributed by atoms with Gasteiger partial charge in [-0.1, -0.05) is 47.5 Å². The van der Waals surface area contributed by atoms with E-state index in [1.54, 1.807) is 36.4 Å². The molecule has 4 nitrogen and oxygen atoms in total. The predicted octanol–water partition coefficient (Wildman–Crippen LogP) is 4.99. The van der Waals surface area contributed by atoms with Gasteiger partial charge in [0.05, 0.1) is 0 Å². The molecule has 0 aliphatic carbocycles. The Morgan fingerprint density at radius 3 is 2.07 bits per heavy atom. The summed E-state index contributed by atoms with van der Waals surface area (Å²) in [5, 5.41) is 3.40. The molecule has 140 valence electrons. The highest BCUT2D eigenvalue weighted by Gasteiger charge is 2.16. The molecular formula is C22H23NO3S. The lowest BCUT2D eigenvalue weighted by Gasteiger charge is -2.11. The van der Waals surface area contributed by atoms with Crippen LogP contribution in [0.4, 0.5) is 5.69 Å². The normalized spacial score (nSPS) is 11.2. The molecule has 0 spiro atoms. The molecule has 5 heteroatoms. The Morgan fingerprint density at radius 2 is 1.44 bits per heavy atom. The summed E-state index contributed by atoms with van der Waals surface area (Å²) in [5.41, 5.74) is 5.54. The number of hydrogen-bond donors (Lipinski definition) is 1. The van der Waals surface area contributed by atoms with Crippen LogP contribution in [-0.2, 0) is 16.7 Å². The number of nitrogens with one attached hydrogen (secondary N) is 1. The van der Waals surface area contributed by atoms with Gasteiger partial charge in [-0.05, 0) is 62.2 Å². The van der Waals surface area contributed by atoms with Crippen LogP contribution >= 0.6 is 0 Å². The molecule has 0 saturated carbocycles. The predicted molar refractivity (Wildman–Crippen MR) is 109 cm³/mol. The van der Waals surface area contributed by atoms with Gasteiger partial charge >= 0.3 is 10.1 Å². The Kier molecular flexibility index (Phi) is 5.51. The third kappa shape index (κ3) is 4.89. The van der Waals surface area contributed by atoms with Gasteiger partial charge in [0.25, 0.3) is 0 Å². The standard InChI is InChI=1S/C22H23NO3S/c1-16-4-11-21(12-5-16)27(24,25)26-20-9-7-19(8-10-20)15-23-22-13-6-17(2)14-18(22)3/h4-14,23H,15H2,1-3H3. The smallest absolute Gasteiger partial charge is 0.339 e. The third-order valence-electron chi connectivity index (χ3n) is 4.30. The molecule has 27 heavy (non-hydrogen) atoms. The van der Waals surface area contributed by atoms with E-state index in [1.165, 1.54) is 11.1 Å². The number of rotatable bonds is 6. The summed E-state index contributed by atoms with van der Waals surface area (Å²) in [7, 11) is -3.82. The van der Waals surface area contributed by atoms with Gasteiger partial charge < -0.3 is 9.50 Å². The van der Waals surface area contributed by atoms with E-state index in [1.807, 2.05) is 19.1 Å². The van der Waals surface area contributed by atoms with E-state index in [2.05, 4.69) is 37.4 Å². The van der Waals surface area contributed by atoms with E-state index in [9.17, 15) is 8.42 Å². The SMILES string of the molecule is Cc1ccc(S(=O)(=O)Oc2ccc(CNc3ccc(C)cc3C)cc2)cc1. The lowest BCUT2D eigenvalue weighted by Crippen LogP contribution is -2.09. The minimum absolute atomic E-state index is 0.147. The number of hydrogen-bond acceptors (Lipinski definition) is 4. The summed E-state index contributed by atoms with van der Waals surface area (Å²) in [4.78, 5) is 0.147. The van der Waals surface area contributed by atoms with Crippen molar-refractivity contribution in [3.63, 3.8) is 0 Å². The molecule has 3 aromatic carbocycles. The Bertz CT molecular complexity index is 1020. The van der Waals surface area contributed by atoms with Gasteiger partial charge in [0.15, 0.2) is 0 Å². The van der Waals surface area contributed by atoms with E-state index < -0.39 is 10.1 Å². The lowest BCUT2D eigenvalue weighted by atomic mass is 10.1. The molecule has 0 aliphatic rings. The number of anilines is 1. The van der Waals surface area contributed by atoms with Gasteiger partial charge in [-0.25, -0.2) is 0 Å². The Balaban J connectivity index is 1.65. The van der Waals surface area contributed by atoms with Crippen LogP contribution < -0.4 is 9.50 Å². The fourth-order valence-corrected chi connectivity index (χ4v) is 3.68. The van der Waals surface area contributed by atoms with Gasteiger partial charge in [0.1, 0.15) is 10.6 Å². The van der Waals surface area contributed by atoms with Crippen LogP contribution in [0.2, 0.25) is 0 Å². The zero-order valence-electron chi connectivity index (χ0n) is 15.7. The molecule has 0 aliphatic heterocycles. The summed E-state index contributed by atoms with van der Waals surface area (Å²) >= 11 is 0. The van der Waals surface area contributed by atoms with Crippen molar-refractivity contribution < 1.29 is 12.6 Å². The molecule has 0 atom stereocenters. The van der Waals surface area contributed by atoms with Crippen LogP contribution in [-0.4, -0.2) is 8.42 Å². The fourth-order valence-electron chi connectivity index (χ4n) is 2.75. The molecular weight excluding hydrogens is 358 g/mol. The minimum atomic E-state index is -3.82. The zero-order valence-corrected chi connectivity index (χ0v) is 16.5. The topological polar surface area (TPSA) is 55.4 Å². The van der Waals surface area contributed by atoms with Crippen molar-refractivity contribution in [2.45, 2.75) is 32.2 Å². The van der Waals surface area contributed by atoms with Gasteiger partial charge in [-0.3, -0.25) is 0 Å². The summed E-state index contributed by atoms with van der Waals surface area (Å²) in [6.07, 6.45) is 0. The molecule has 0 bridgehead atoms. The second-order valence-corrected chi connectivity index (χ2v) is 8.21. The van der Waals surface area contributed by atoms with Gasteiger partial charge in [-0.2, -0.15) is 8.42 Å². The summed E-state index contributed by atoms with van der Waals surface area (Å²) in [6.45, 7) is 6.69. The van der Waals surface area contributed by atoms with Crippen LogP contribution in [0.3, 0.4) is 0 Å². The average Bonchev–Trinajstić information content (AvgIpc) is 2.62. The highest BCUT2D eigenvalue weighted by Crippen LogP contribution is 2.21. The molecule has 1 N–H and O–H groups in total. The molecule has 0 amide bonds. The number of benzene rings is 3. The van der Waals surface area contributed by atoms with Crippen LogP contribution in [0.1, 0.15) is 22.3 Å². The molecule has 3 aromatic rings. The first kappa shape index (κ1) is 19.0. The van der Waals surface area contributed by atoms with Crippen molar-refractivity contribution in [1.29, 1.82) is 0 Å².